The van der Waals surface area contributed by atoms with E-state index < -0.39 is 0 Å². The first kappa shape index (κ1) is 61.0. The second-order valence-corrected chi connectivity index (χ2v) is 27.3. The molecule has 0 atom stereocenters. The van der Waals surface area contributed by atoms with E-state index in [4.69, 9.17) is 15.0 Å². The second kappa shape index (κ2) is 25.6. The molecule has 0 N–H and O–H groups in total. The van der Waals surface area contributed by atoms with Gasteiger partial charge in [0.1, 0.15) is 0 Å². The summed E-state index contributed by atoms with van der Waals surface area (Å²) >= 11 is 0. The van der Waals surface area contributed by atoms with Gasteiger partial charge in [0, 0.05) is 60.8 Å². The molecule has 5 nitrogen and oxygen atoms in total. The van der Waals surface area contributed by atoms with Gasteiger partial charge in [-0.25, -0.2) is 15.0 Å². The van der Waals surface area contributed by atoms with Crippen LogP contribution >= 0.6 is 0 Å². The lowest BCUT2D eigenvalue weighted by Gasteiger charge is -2.23. The lowest BCUT2D eigenvalue weighted by atomic mass is 9.83. The molecule has 20 rings (SSSR count). The maximum Gasteiger partial charge on any atom is 0.164 e. The van der Waals surface area contributed by atoms with Gasteiger partial charge in [-0.15, -0.1) is 0 Å². The highest BCUT2D eigenvalue weighted by Gasteiger charge is 2.34. The summed E-state index contributed by atoms with van der Waals surface area (Å²) in [6.07, 6.45) is 0. The number of aromatic nitrogens is 5. The van der Waals surface area contributed by atoms with Gasteiger partial charge < -0.3 is 9.13 Å². The summed E-state index contributed by atoms with van der Waals surface area (Å²) in [5, 5.41) is 4.66. The Hall–Kier alpha value is -13.9. The smallest absolute Gasteiger partial charge is 0.164 e. The molecule has 0 radical (unpaired) electrons. The van der Waals surface area contributed by atoms with Crippen molar-refractivity contribution < 1.29 is 0 Å². The van der Waals surface area contributed by atoms with E-state index in [1.54, 1.807) is 0 Å². The van der Waals surface area contributed by atoms with Crippen LogP contribution in [-0.2, 0) is 0 Å². The van der Waals surface area contributed by atoms with E-state index in [2.05, 4.69) is 397 Å². The molecule has 0 fully saturated rings. The van der Waals surface area contributed by atoms with E-state index in [1.807, 2.05) is 0 Å². The first-order chi connectivity index (χ1) is 52.1. The molecule has 490 valence electrons. The molecule has 0 saturated carbocycles. The van der Waals surface area contributed by atoms with Crippen molar-refractivity contribution in [1.29, 1.82) is 0 Å². The molecular weight excluding hydrogens is 1270 g/mol. The Morgan fingerprint density at radius 1 is 0.181 bits per heavy atom. The van der Waals surface area contributed by atoms with E-state index >= 15 is 0 Å². The van der Waals surface area contributed by atoms with Crippen LogP contribution in [0.15, 0.2) is 388 Å². The number of hydrogen-bond acceptors (Lipinski definition) is 3. The fourth-order valence-electron chi connectivity index (χ4n) is 16.4. The lowest BCUT2D eigenvalue weighted by molar-refractivity contribution is 1.02. The van der Waals surface area contributed by atoms with Gasteiger partial charge in [0.15, 0.2) is 17.5 Å². The van der Waals surface area contributed by atoms with E-state index in [-0.39, 0.29) is 5.92 Å². The van der Waals surface area contributed by atoms with Gasteiger partial charge >= 0.3 is 0 Å². The summed E-state index contributed by atoms with van der Waals surface area (Å²) < 4.78 is 5.12. The zero-order valence-corrected chi connectivity index (χ0v) is 57.3. The van der Waals surface area contributed by atoms with Gasteiger partial charge in [0.05, 0.1) is 33.4 Å². The zero-order valence-electron chi connectivity index (χ0n) is 57.3. The second-order valence-electron chi connectivity index (χ2n) is 27.3. The van der Waals surface area contributed by atoms with Crippen molar-refractivity contribution in [3.05, 3.63) is 405 Å². The van der Waals surface area contributed by atoms with Crippen molar-refractivity contribution in [3.8, 4) is 135 Å². The molecule has 1 aliphatic rings. The molecular formula is C100H65N5. The molecule has 1 aliphatic carbocycles. The van der Waals surface area contributed by atoms with Gasteiger partial charge in [0.25, 0.3) is 0 Å². The Bertz CT molecular complexity index is 6310. The number of nitrogens with zero attached hydrogens (tertiary/aromatic N) is 5. The summed E-state index contributed by atoms with van der Waals surface area (Å²) in [7, 11) is 0. The summed E-state index contributed by atoms with van der Waals surface area (Å²) in [5.74, 6) is 1.60. The lowest BCUT2D eigenvalue weighted by Crippen LogP contribution is -2.06. The third kappa shape index (κ3) is 10.7. The SMILES string of the molecule is c1ccc(-c2ccc(-c3nc(-c4cc(-c5ccccc5)cc(-c5ccccc5)c4)nc(-c4cc(-c5ccccc5)c(-n5c6cc(C7c8ccccc8-c8ccccc87)c(-c7ccccc7)cc6c6cc(-c7ccccc7)c(-n7c8ccccc8c8ccccc87)cc65)c(-c5ccccc5)c4)n3)cc2)cc1. The van der Waals surface area contributed by atoms with E-state index in [9.17, 15) is 0 Å². The Morgan fingerprint density at radius 2 is 0.514 bits per heavy atom. The summed E-state index contributed by atoms with van der Waals surface area (Å²) in [4.78, 5) is 16.9. The van der Waals surface area contributed by atoms with Gasteiger partial charge in [-0.3, -0.25) is 0 Å². The highest BCUT2D eigenvalue weighted by molar-refractivity contribution is 6.16. The van der Waals surface area contributed by atoms with Crippen LogP contribution in [0, 0.1) is 0 Å². The number of benzene rings is 16. The average molecular weight is 1340 g/mol. The topological polar surface area (TPSA) is 48.5 Å². The van der Waals surface area contributed by atoms with Gasteiger partial charge in [0.2, 0.25) is 0 Å². The first-order valence-electron chi connectivity index (χ1n) is 36.0. The van der Waals surface area contributed by atoms with Crippen LogP contribution in [0.5, 0.6) is 0 Å². The third-order valence-electron chi connectivity index (χ3n) is 21.2. The van der Waals surface area contributed by atoms with Gasteiger partial charge in [-0.1, -0.05) is 322 Å². The molecule has 105 heavy (non-hydrogen) atoms. The fraction of sp³-hybridized carbons (Fsp3) is 0.0100. The van der Waals surface area contributed by atoms with Gasteiger partial charge in [-0.05, 0) is 156 Å². The van der Waals surface area contributed by atoms with Crippen LogP contribution in [0.1, 0.15) is 22.6 Å². The minimum atomic E-state index is -0.0833. The van der Waals surface area contributed by atoms with Crippen LogP contribution in [0.4, 0.5) is 0 Å². The van der Waals surface area contributed by atoms with Gasteiger partial charge in [-0.2, -0.15) is 0 Å². The van der Waals surface area contributed by atoms with Crippen molar-refractivity contribution in [3.63, 3.8) is 0 Å². The van der Waals surface area contributed by atoms with Crippen molar-refractivity contribution >= 4 is 43.6 Å². The van der Waals surface area contributed by atoms with Crippen molar-refractivity contribution in [2.75, 3.05) is 0 Å². The zero-order chi connectivity index (χ0) is 69.3. The molecule has 16 aromatic carbocycles. The Kier molecular flexibility index (Phi) is 14.9. The predicted molar refractivity (Wildman–Crippen MR) is 436 cm³/mol. The molecule has 0 saturated heterocycles. The van der Waals surface area contributed by atoms with E-state index in [1.165, 1.54) is 44.2 Å². The molecule has 3 heterocycles. The third-order valence-corrected chi connectivity index (χ3v) is 21.2. The van der Waals surface area contributed by atoms with Crippen LogP contribution in [0.3, 0.4) is 0 Å². The van der Waals surface area contributed by atoms with Crippen molar-refractivity contribution in [2.45, 2.75) is 5.92 Å². The molecule has 0 aliphatic heterocycles. The van der Waals surface area contributed by atoms with Crippen molar-refractivity contribution in [2.24, 2.45) is 0 Å². The summed E-state index contributed by atoms with van der Waals surface area (Å²) in [6, 6.07) is 142. The number of rotatable bonds is 13. The van der Waals surface area contributed by atoms with E-state index in [0.29, 0.717) is 17.5 Å². The number of para-hydroxylation sites is 2. The average Bonchev–Trinajstić information content (AvgIpc) is 1.55. The maximum absolute atomic E-state index is 5.72. The quantitative estimate of drug-likeness (QED) is 0.116. The van der Waals surface area contributed by atoms with E-state index in [0.717, 1.165) is 133 Å². The molecule has 0 bridgehead atoms. The highest BCUT2D eigenvalue weighted by Crippen LogP contribution is 2.54. The summed E-state index contributed by atoms with van der Waals surface area (Å²) in [5.41, 5.74) is 30.7. The molecule has 3 aromatic heterocycles. The minimum absolute atomic E-state index is 0.0833. The molecule has 0 spiro atoms. The number of hydrogen-bond donors (Lipinski definition) is 0. The van der Waals surface area contributed by atoms with Crippen LogP contribution in [0.25, 0.3) is 178 Å². The van der Waals surface area contributed by atoms with Crippen LogP contribution in [0.2, 0.25) is 0 Å². The fourth-order valence-corrected chi connectivity index (χ4v) is 16.4. The molecule has 0 unspecified atom stereocenters. The Labute approximate surface area is 609 Å². The normalized spacial score (nSPS) is 12.0. The predicted octanol–water partition coefficient (Wildman–Crippen LogP) is 25.9. The monoisotopic (exact) mass is 1340 g/mol. The maximum atomic E-state index is 5.72. The Balaban J connectivity index is 0.922. The largest absolute Gasteiger partial charge is 0.309 e. The Morgan fingerprint density at radius 3 is 0.990 bits per heavy atom. The van der Waals surface area contributed by atoms with Crippen LogP contribution in [-0.4, -0.2) is 24.1 Å². The number of fused-ring (bicyclic) bond motifs is 9. The minimum Gasteiger partial charge on any atom is -0.309 e. The standard InChI is InChI=1S/C100H65N5/c1-8-30-65(31-9-1)68-52-54-73(55-53-68)98-101-99(76-57-74(66-32-10-2-11-33-66)56-75(58-76)67-34-12-3-13-35-67)103-100(102-98)77-59-86(71-40-18-6-19-41-71)97(87(60-77)72-42-20-7-21-43-72)105-93-63-90(96-82-48-24-22-44-78(82)79-45-23-25-49-83(79)96)84(69-36-14-4-15-37-69)61-88(93)89-62-85(70-38-16-5-17-39-70)94(64-95(89)105)104-91-50-28-26-46-80(91)81-47-27-29-51-92(81)104/h1-64,96H. The summed E-state index contributed by atoms with van der Waals surface area (Å²) in [6.45, 7) is 0. The van der Waals surface area contributed by atoms with Crippen molar-refractivity contribution in [1.82, 2.24) is 24.1 Å². The molecule has 0 amide bonds. The molecule has 19 aromatic rings. The molecule has 5 heteroatoms. The van der Waals surface area contributed by atoms with Crippen LogP contribution < -0.4 is 0 Å². The highest BCUT2D eigenvalue weighted by atomic mass is 15.0. The first-order valence-corrected chi connectivity index (χ1v) is 36.0.